The Morgan fingerprint density at radius 1 is 1.35 bits per heavy atom. The molecule has 0 saturated heterocycles. The molecule has 0 saturated carbocycles. The number of nitrogens with two attached hydrogens (primary N) is 2. The molecule has 0 aromatic heterocycles. The molecule has 0 aliphatic heterocycles. The second-order valence-electron chi connectivity index (χ2n) is 3.40. The van der Waals surface area contributed by atoms with Gasteiger partial charge in [-0.25, -0.2) is 0 Å². The van der Waals surface area contributed by atoms with E-state index in [1.807, 2.05) is 0 Å². The Morgan fingerprint density at radius 3 is 2.76 bits per heavy atom. The first-order valence-electron chi connectivity index (χ1n) is 5.09. The van der Waals surface area contributed by atoms with Gasteiger partial charge in [-0.15, -0.1) is 0 Å². The third-order valence-electron chi connectivity index (χ3n) is 1.93. The predicted molar refractivity (Wildman–Crippen MR) is 63.2 cm³/mol. The van der Waals surface area contributed by atoms with E-state index >= 15 is 0 Å². The molecule has 6 heteroatoms. The Morgan fingerprint density at radius 2 is 2.12 bits per heavy atom. The Hall–Kier alpha value is -2.08. The summed E-state index contributed by atoms with van der Waals surface area (Å²) in [5, 5.41) is 2.63. The van der Waals surface area contributed by atoms with Crippen LogP contribution in [0.25, 0.3) is 0 Å². The average Bonchev–Trinajstić information content (AvgIpc) is 2.28. The molecule has 92 valence electrons. The van der Waals surface area contributed by atoms with E-state index in [2.05, 4.69) is 5.32 Å². The van der Waals surface area contributed by atoms with E-state index in [1.54, 1.807) is 24.3 Å². The van der Waals surface area contributed by atoms with Crippen molar-refractivity contribution in [3.63, 3.8) is 0 Å². The van der Waals surface area contributed by atoms with Crippen molar-refractivity contribution in [2.75, 3.05) is 25.5 Å². The summed E-state index contributed by atoms with van der Waals surface area (Å²) in [7, 11) is 0. The molecule has 6 nitrogen and oxygen atoms in total. The van der Waals surface area contributed by atoms with E-state index in [1.165, 1.54) is 0 Å². The van der Waals surface area contributed by atoms with Crippen molar-refractivity contribution in [1.29, 1.82) is 0 Å². The number of nitrogen functional groups attached to an aromatic ring is 1. The molecular weight excluding hydrogens is 222 g/mol. The van der Waals surface area contributed by atoms with E-state index in [0.717, 1.165) is 0 Å². The number of carbonyl (C=O) groups excluding carboxylic acids is 2. The summed E-state index contributed by atoms with van der Waals surface area (Å²) in [5.41, 5.74) is 11.4. The zero-order valence-electron chi connectivity index (χ0n) is 9.31. The van der Waals surface area contributed by atoms with E-state index in [0.29, 0.717) is 17.8 Å². The molecule has 0 atom stereocenters. The zero-order chi connectivity index (χ0) is 12.7. The molecule has 1 rings (SSSR count). The van der Waals surface area contributed by atoms with Gasteiger partial charge in [0.2, 0.25) is 5.91 Å². The minimum absolute atomic E-state index is 0.145. The topological polar surface area (TPSA) is 107 Å². The molecule has 17 heavy (non-hydrogen) atoms. The third-order valence-corrected chi connectivity index (χ3v) is 1.93. The lowest BCUT2D eigenvalue weighted by molar-refractivity contribution is -0.122. The number of ether oxygens (including phenoxy) is 1. The van der Waals surface area contributed by atoms with Crippen LogP contribution in [0.1, 0.15) is 10.4 Å². The second kappa shape index (κ2) is 6.49. The molecular formula is C11H15N3O3. The van der Waals surface area contributed by atoms with E-state index in [-0.39, 0.29) is 19.1 Å². The van der Waals surface area contributed by atoms with Crippen LogP contribution in [-0.4, -0.2) is 31.6 Å². The second-order valence-corrected chi connectivity index (χ2v) is 3.40. The molecule has 0 fully saturated rings. The molecule has 0 bridgehead atoms. The van der Waals surface area contributed by atoms with Gasteiger partial charge in [-0.2, -0.15) is 0 Å². The maximum Gasteiger partial charge on any atom is 0.251 e. The van der Waals surface area contributed by atoms with Gasteiger partial charge < -0.3 is 21.5 Å². The highest BCUT2D eigenvalue weighted by molar-refractivity contribution is 5.94. The number of hydrogen-bond acceptors (Lipinski definition) is 4. The van der Waals surface area contributed by atoms with Gasteiger partial charge in [0, 0.05) is 17.8 Å². The van der Waals surface area contributed by atoms with Gasteiger partial charge in [0.25, 0.3) is 5.91 Å². The molecule has 0 spiro atoms. The summed E-state index contributed by atoms with van der Waals surface area (Å²) in [6, 6.07) is 6.65. The van der Waals surface area contributed by atoms with Crippen LogP contribution in [0.4, 0.5) is 5.69 Å². The predicted octanol–water partition coefficient (Wildman–Crippen LogP) is -0.499. The van der Waals surface area contributed by atoms with Gasteiger partial charge in [-0.3, -0.25) is 9.59 Å². The van der Waals surface area contributed by atoms with Gasteiger partial charge >= 0.3 is 0 Å². The molecule has 1 aromatic rings. The molecule has 0 unspecified atom stereocenters. The SMILES string of the molecule is NC(=O)COCCNC(=O)c1cccc(N)c1. The van der Waals surface area contributed by atoms with Crippen molar-refractivity contribution in [2.45, 2.75) is 0 Å². The van der Waals surface area contributed by atoms with Crippen molar-refractivity contribution < 1.29 is 14.3 Å². The van der Waals surface area contributed by atoms with E-state index in [9.17, 15) is 9.59 Å². The van der Waals surface area contributed by atoms with Crippen LogP contribution in [0, 0.1) is 0 Å². The molecule has 1 aromatic carbocycles. The molecule has 0 aliphatic carbocycles. The largest absolute Gasteiger partial charge is 0.399 e. The van der Waals surface area contributed by atoms with Crippen molar-refractivity contribution >= 4 is 17.5 Å². The highest BCUT2D eigenvalue weighted by Crippen LogP contribution is 2.05. The monoisotopic (exact) mass is 237 g/mol. The first kappa shape index (κ1) is 13.0. The summed E-state index contributed by atoms with van der Waals surface area (Å²) < 4.78 is 4.89. The normalized spacial score (nSPS) is 9.88. The Balaban J connectivity index is 2.28. The lowest BCUT2D eigenvalue weighted by Gasteiger charge is -2.05. The molecule has 0 aliphatic rings. The Bertz CT molecular complexity index is 407. The van der Waals surface area contributed by atoms with E-state index < -0.39 is 5.91 Å². The molecule has 0 radical (unpaired) electrons. The number of rotatable bonds is 6. The van der Waals surface area contributed by atoms with Gasteiger partial charge in [0.15, 0.2) is 0 Å². The first-order valence-corrected chi connectivity index (χ1v) is 5.09. The minimum Gasteiger partial charge on any atom is -0.399 e. The fourth-order valence-corrected chi connectivity index (χ4v) is 1.19. The zero-order valence-corrected chi connectivity index (χ0v) is 9.31. The lowest BCUT2D eigenvalue weighted by Crippen LogP contribution is -2.28. The summed E-state index contributed by atoms with van der Waals surface area (Å²) in [5.74, 6) is -0.771. The maximum absolute atomic E-state index is 11.6. The number of amides is 2. The van der Waals surface area contributed by atoms with E-state index in [4.69, 9.17) is 16.2 Å². The van der Waals surface area contributed by atoms with Crippen LogP contribution in [0.3, 0.4) is 0 Å². The molecule has 0 heterocycles. The number of primary amides is 1. The number of carbonyl (C=O) groups is 2. The van der Waals surface area contributed by atoms with Crippen molar-refractivity contribution in [1.82, 2.24) is 5.32 Å². The molecule has 2 amide bonds. The fraction of sp³-hybridized carbons (Fsp3) is 0.273. The lowest BCUT2D eigenvalue weighted by atomic mass is 10.2. The van der Waals surface area contributed by atoms with Crippen LogP contribution in [0.2, 0.25) is 0 Å². The van der Waals surface area contributed by atoms with Crippen molar-refractivity contribution in [2.24, 2.45) is 5.73 Å². The van der Waals surface area contributed by atoms with Gasteiger partial charge in [0.05, 0.1) is 6.61 Å². The summed E-state index contributed by atoms with van der Waals surface area (Å²) in [4.78, 5) is 21.9. The quantitative estimate of drug-likeness (QED) is 0.458. The fourth-order valence-electron chi connectivity index (χ4n) is 1.19. The summed E-state index contributed by atoms with van der Waals surface area (Å²) >= 11 is 0. The number of anilines is 1. The summed E-state index contributed by atoms with van der Waals surface area (Å²) in [6.07, 6.45) is 0. The number of benzene rings is 1. The number of hydrogen-bond donors (Lipinski definition) is 3. The highest BCUT2D eigenvalue weighted by atomic mass is 16.5. The maximum atomic E-state index is 11.6. The van der Waals surface area contributed by atoms with Crippen LogP contribution < -0.4 is 16.8 Å². The smallest absolute Gasteiger partial charge is 0.251 e. The summed E-state index contributed by atoms with van der Waals surface area (Å²) in [6.45, 7) is 0.395. The van der Waals surface area contributed by atoms with Crippen LogP contribution in [-0.2, 0) is 9.53 Å². The number of nitrogens with one attached hydrogen (secondary N) is 1. The minimum atomic E-state index is -0.535. The van der Waals surface area contributed by atoms with Crippen LogP contribution in [0.15, 0.2) is 24.3 Å². The van der Waals surface area contributed by atoms with Gasteiger partial charge in [-0.1, -0.05) is 6.07 Å². The van der Waals surface area contributed by atoms with Crippen molar-refractivity contribution in [3.8, 4) is 0 Å². The van der Waals surface area contributed by atoms with Gasteiger partial charge in [-0.05, 0) is 18.2 Å². The van der Waals surface area contributed by atoms with Crippen molar-refractivity contribution in [3.05, 3.63) is 29.8 Å². The molecule has 5 N–H and O–H groups in total. The van der Waals surface area contributed by atoms with Crippen LogP contribution in [0.5, 0.6) is 0 Å². The van der Waals surface area contributed by atoms with Gasteiger partial charge in [0.1, 0.15) is 6.61 Å². The van der Waals surface area contributed by atoms with Crippen LogP contribution >= 0.6 is 0 Å². The Labute approximate surface area is 98.9 Å². The Kier molecular flexibility index (Phi) is 4.96. The first-order chi connectivity index (χ1) is 8.09. The third kappa shape index (κ3) is 4.98. The highest BCUT2D eigenvalue weighted by Gasteiger charge is 2.04. The average molecular weight is 237 g/mol. The standard InChI is InChI=1S/C11H15N3O3/c12-9-3-1-2-8(6-9)11(16)14-4-5-17-7-10(13)15/h1-3,6H,4-5,7,12H2,(H2,13,15)(H,14,16).